The topological polar surface area (TPSA) is 138 Å². The highest BCUT2D eigenvalue weighted by atomic mass is 19.1. The van der Waals surface area contributed by atoms with Gasteiger partial charge in [-0.2, -0.15) is 0 Å². The Kier molecular flexibility index (Phi) is 15.5. The van der Waals surface area contributed by atoms with Gasteiger partial charge in [-0.3, -0.25) is 38.9 Å². The number of amides is 3. The fourth-order valence-electron chi connectivity index (χ4n) is 10.1. The summed E-state index contributed by atoms with van der Waals surface area (Å²) in [7, 11) is 3.84. The number of nitrogens with one attached hydrogen (secondary N) is 3. The highest BCUT2D eigenvalue weighted by molar-refractivity contribution is 6.01. The molecule has 0 spiro atoms. The summed E-state index contributed by atoms with van der Waals surface area (Å²) in [5, 5.41) is 13.1. The average Bonchev–Trinajstić information content (AvgIpc) is 3.35. The molecular weight excluding hydrogens is 867 g/mol. The SMILES string of the molecule is C/C=C1/CN(C(=O)c2cc(F)c(C3CCN(C(C)C=Cc4cnccc4-n4ccc(NC)cc4=O)CC3)c(F)c2)CCN1N(C)CCN1CCC(c2ccc(NC3CCC(=O)NC3=O)cc2)CC1. The average molecular weight is 931 g/mol. The van der Waals surface area contributed by atoms with Crippen molar-refractivity contribution in [2.24, 2.45) is 0 Å². The Morgan fingerprint density at radius 2 is 1.63 bits per heavy atom. The van der Waals surface area contributed by atoms with E-state index in [2.05, 4.69) is 72.9 Å². The van der Waals surface area contributed by atoms with Crippen LogP contribution in [0.3, 0.4) is 0 Å². The lowest BCUT2D eigenvalue weighted by atomic mass is 9.87. The molecular formula is C52H64F2N10O4. The predicted octanol–water partition coefficient (Wildman–Crippen LogP) is 6.44. The Balaban J connectivity index is 0.786. The number of likely N-dealkylation sites (N-methyl/N-ethyl adjacent to an activating group) is 1. The van der Waals surface area contributed by atoms with E-state index in [1.807, 2.05) is 43.3 Å². The van der Waals surface area contributed by atoms with Crippen LogP contribution in [0.4, 0.5) is 20.2 Å². The quantitative estimate of drug-likeness (QED) is 0.121. The molecule has 2 unspecified atom stereocenters. The van der Waals surface area contributed by atoms with Crippen molar-refractivity contribution in [3.05, 3.63) is 135 Å². The van der Waals surface area contributed by atoms with Crippen LogP contribution < -0.4 is 21.5 Å². The number of piperidine rings is 3. The van der Waals surface area contributed by atoms with Crippen molar-refractivity contribution in [1.29, 1.82) is 0 Å². The van der Waals surface area contributed by atoms with Gasteiger partial charge in [0, 0.05) is 105 Å². The van der Waals surface area contributed by atoms with Crippen molar-refractivity contribution in [2.75, 3.05) is 83.6 Å². The number of pyridine rings is 2. The number of anilines is 2. The van der Waals surface area contributed by atoms with Crippen LogP contribution in [0.1, 0.15) is 91.3 Å². The zero-order valence-corrected chi connectivity index (χ0v) is 39.6. The molecule has 3 amide bonds. The molecule has 4 aliphatic heterocycles. The van der Waals surface area contributed by atoms with Crippen LogP contribution in [0.2, 0.25) is 0 Å². The van der Waals surface area contributed by atoms with Gasteiger partial charge in [-0.05, 0) is 126 Å². The maximum absolute atomic E-state index is 15.9. The van der Waals surface area contributed by atoms with Gasteiger partial charge >= 0.3 is 0 Å². The van der Waals surface area contributed by atoms with Crippen molar-refractivity contribution in [2.45, 2.75) is 76.3 Å². The zero-order chi connectivity index (χ0) is 47.9. The van der Waals surface area contributed by atoms with Crippen molar-refractivity contribution in [3.8, 4) is 5.69 Å². The lowest BCUT2D eigenvalue weighted by Gasteiger charge is -2.43. The molecule has 0 saturated carbocycles. The molecule has 16 heteroatoms. The third kappa shape index (κ3) is 11.2. The number of hydrogen-bond acceptors (Lipinski definition) is 11. The summed E-state index contributed by atoms with van der Waals surface area (Å²) in [6.07, 6.45) is 15.3. The van der Waals surface area contributed by atoms with E-state index >= 15 is 8.78 Å². The molecule has 0 aliphatic carbocycles. The molecule has 4 aromatic rings. The molecule has 14 nitrogen and oxygen atoms in total. The first kappa shape index (κ1) is 48.2. The Bertz CT molecular complexity index is 2540. The summed E-state index contributed by atoms with van der Waals surface area (Å²) >= 11 is 0. The van der Waals surface area contributed by atoms with Crippen LogP contribution in [-0.4, -0.2) is 137 Å². The first-order chi connectivity index (χ1) is 32.9. The molecule has 68 heavy (non-hydrogen) atoms. The number of rotatable bonds is 14. The summed E-state index contributed by atoms with van der Waals surface area (Å²) in [6.45, 7) is 10.4. The highest BCUT2D eigenvalue weighted by Gasteiger charge is 2.32. The summed E-state index contributed by atoms with van der Waals surface area (Å²) in [6, 6.07) is 15.6. The minimum absolute atomic E-state index is 0.0236. The molecule has 2 aromatic heterocycles. The molecule has 6 heterocycles. The van der Waals surface area contributed by atoms with Gasteiger partial charge in [0.25, 0.3) is 11.5 Å². The van der Waals surface area contributed by atoms with E-state index in [0.717, 1.165) is 67.3 Å². The van der Waals surface area contributed by atoms with Crippen LogP contribution in [0, 0.1) is 11.6 Å². The van der Waals surface area contributed by atoms with Gasteiger partial charge in [0.05, 0.1) is 18.8 Å². The minimum Gasteiger partial charge on any atom is -0.388 e. The number of allylic oxidation sites excluding steroid dienone is 1. The first-order valence-electron chi connectivity index (χ1n) is 24.0. The Morgan fingerprint density at radius 3 is 2.31 bits per heavy atom. The standard InChI is InChI=1S/C52H64F2N10O4/c1-5-43-34-62(28-29-64(43)59(4)26-27-60-21-15-37(16-22-60)36-8-10-41(11-9-36)57-46-12-13-48(65)58-51(46)67)52(68)40-30-44(53)50(45(54)31-40)38-17-23-61(24-18-38)35(2)6-7-39-33-56-20-14-47(39)63-25-19-42(55-3)32-49(63)66/h5-11,14,19-20,25,30-33,35,37-38,46,55,57H,12-13,15-18,21-24,26-29,34H2,1-4H3,(H,58,65,67)/b7-6?,43-5-. The maximum Gasteiger partial charge on any atom is 0.257 e. The predicted molar refractivity (Wildman–Crippen MR) is 261 cm³/mol. The molecule has 360 valence electrons. The fraction of sp³-hybridized carbons (Fsp3) is 0.442. The molecule has 2 atom stereocenters. The van der Waals surface area contributed by atoms with Gasteiger partial charge in [-0.25, -0.2) is 13.8 Å². The number of imide groups is 1. The zero-order valence-electron chi connectivity index (χ0n) is 39.6. The van der Waals surface area contributed by atoms with Crippen LogP contribution in [0.15, 0.2) is 95.8 Å². The van der Waals surface area contributed by atoms with E-state index in [-0.39, 0.29) is 46.4 Å². The molecule has 0 radical (unpaired) electrons. The minimum atomic E-state index is -0.673. The van der Waals surface area contributed by atoms with E-state index in [1.165, 1.54) is 17.7 Å². The van der Waals surface area contributed by atoms with Gasteiger partial charge in [-0.15, -0.1) is 0 Å². The van der Waals surface area contributed by atoms with Gasteiger partial charge in [0.2, 0.25) is 11.8 Å². The second kappa shape index (κ2) is 21.8. The Hall–Kier alpha value is -6.23. The van der Waals surface area contributed by atoms with E-state index in [1.54, 1.807) is 41.2 Å². The number of hydrazine groups is 1. The summed E-state index contributed by atoms with van der Waals surface area (Å²) in [4.78, 5) is 61.0. The number of hydrogen-bond donors (Lipinski definition) is 3. The van der Waals surface area contributed by atoms with Crippen molar-refractivity contribution < 1.29 is 23.2 Å². The smallest absolute Gasteiger partial charge is 0.257 e. The van der Waals surface area contributed by atoms with Gasteiger partial charge < -0.3 is 25.4 Å². The highest BCUT2D eigenvalue weighted by Crippen LogP contribution is 2.34. The number of likely N-dealkylation sites (tertiary alicyclic amines) is 2. The Morgan fingerprint density at radius 1 is 0.912 bits per heavy atom. The first-order valence-corrected chi connectivity index (χ1v) is 24.0. The number of piperazine rings is 1. The van der Waals surface area contributed by atoms with Crippen LogP contribution in [0.5, 0.6) is 0 Å². The maximum atomic E-state index is 15.9. The van der Waals surface area contributed by atoms with Crippen LogP contribution >= 0.6 is 0 Å². The Labute approximate surface area is 397 Å². The molecule has 2 aromatic carbocycles. The number of halogens is 2. The van der Waals surface area contributed by atoms with Crippen molar-refractivity contribution in [3.63, 3.8) is 0 Å². The summed E-state index contributed by atoms with van der Waals surface area (Å²) in [5.41, 5.74) is 5.31. The third-order valence-corrected chi connectivity index (χ3v) is 14.3. The number of nitrogens with zero attached hydrogens (tertiary/aromatic N) is 7. The molecule has 4 saturated heterocycles. The van der Waals surface area contributed by atoms with E-state index in [0.29, 0.717) is 64.3 Å². The lowest BCUT2D eigenvalue weighted by Crippen LogP contribution is -2.53. The van der Waals surface area contributed by atoms with Crippen molar-refractivity contribution in [1.82, 2.24) is 39.6 Å². The normalized spacial score (nSPS) is 20.3. The second-order valence-electron chi connectivity index (χ2n) is 18.5. The largest absolute Gasteiger partial charge is 0.388 e. The van der Waals surface area contributed by atoms with E-state index < -0.39 is 17.7 Å². The molecule has 0 bridgehead atoms. The third-order valence-electron chi connectivity index (χ3n) is 14.3. The molecule has 3 N–H and O–H groups in total. The number of carbonyl (C=O) groups excluding carboxylic acids is 3. The molecule has 4 fully saturated rings. The number of aromatic nitrogens is 2. The summed E-state index contributed by atoms with van der Waals surface area (Å²) < 4.78 is 33.3. The van der Waals surface area contributed by atoms with Crippen LogP contribution in [0.25, 0.3) is 11.8 Å². The van der Waals surface area contributed by atoms with Crippen LogP contribution in [-0.2, 0) is 9.59 Å². The summed E-state index contributed by atoms with van der Waals surface area (Å²) in [5.74, 6) is -2.07. The van der Waals surface area contributed by atoms with E-state index in [9.17, 15) is 19.2 Å². The van der Waals surface area contributed by atoms with E-state index in [4.69, 9.17) is 0 Å². The number of carbonyl (C=O) groups is 3. The van der Waals surface area contributed by atoms with Gasteiger partial charge in [-0.1, -0.05) is 30.4 Å². The lowest BCUT2D eigenvalue weighted by molar-refractivity contribution is -0.133. The monoisotopic (exact) mass is 931 g/mol. The second-order valence-corrected chi connectivity index (χ2v) is 18.5. The van der Waals surface area contributed by atoms with Crippen molar-refractivity contribution >= 4 is 35.2 Å². The fourth-order valence-corrected chi connectivity index (χ4v) is 10.1. The molecule has 8 rings (SSSR count). The number of benzene rings is 2. The van der Waals surface area contributed by atoms with Gasteiger partial charge in [0.15, 0.2) is 0 Å². The van der Waals surface area contributed by atoms with Gasteiger partial charge in [0.1, 0.15) is 17.7 Å². The molecule has 4 aliphatic rings.